The lowest BCUT2D eigenvalue weighted by atomic mass is 10.4. The van der Waals surface area contributed by atoms with Crippen molar-refractivity contribution in [3.63, 3.8) is 0 Å². The van der Waals surface area contributed by atoms with E-state index in [0.29, 0.717) is 4.88 Å². The van der Waals surface area contributed by atoms with Crippen LogP contribution in [0.5, 0.6) is 0 Å². The molecule has 1 aromatic rings. The third-order valence-corrected chi connectivity index (χ3v) is 3.08. The van der Waals surface area contributed by atoms with E-state index in [1.54, 1.807) is 6.07 Å². The molecule has 84 valence electrons. The van der Waals surface area contributed by atoms with Crippen LogP contribution >= 0.6 is 11.3 Å². The van der Waals surface area contributed by atoms with E-state index >= 15 is 0 Å². The fourth-order valence-electron chi connectivity index (χ4n) is 1.11. The zero-order chi connectivity index (χ0) is 11.5. The Labute approximate surface area is 95.1 Å². The molecule has 0 radical (unpaired) electrons. The third kappa shape index (κ3) is 2.63. The first kappa shape index (κ1) is 10.7. The Morgan fingerprint density at radius 3 is 2.94 bits per heavy atom. The second-order valence-electron chi connectivity index (χ2n) is 3.44. The molecule has 0 aliphatic heterocycles. The van der Waals surface area contributed by atoms with E-state index in [0.717, 1.165) is 24.2 Å². The summed E-state index contributed by atoms with van der Waals surface area (Å²) < 4.78 is 0. The van der Waals surface area contributed by atoms with Gasteiger partial charge in [0, 0.05) is 12.0 Å². The van der Waals surface area contributed by atoms with Gasteiger partial charge in [-0.2, -0.15) is 5.10 Å². The largest absolute Gasteiger partial charge is 0.324 e. The van der Waals surface area contributed by atoms with Crippen LogP contribution in [0.2, 0.25) is 0 Å². The van der Waals surface area contributed by atoms with Gasteiger partial charge >= 0.3 is 5.00 Å². The Bertz CT molecular complexity index is 451. The summed E-state index contributed by atoms with van der Waals surface area (Å²) >= 11 is 1.02. The van der Waals surface area contributed by atoms with Crippen LogP contribution in [-0.2, 0) is 4.79 Å². The maximum Gasteiger partial charge on any atom is 0.324 e. The molecule has 0 atom stereocenters. The quantitative estimate of drug-likeness (QED) is 0.491. The van der Waals surface area contributed by atoms with Gasteiger partial charge in [-0.1, -0.05) is 11.3 Å². The lowest BCUT2D eigenvalue weighted by molar-refractivity contribution is -0.380. The number of nitrogens with zero attached hydrogens (tertiary/aromatic N) is 2. The van der Waals surface area contributed by atoms with E-state index in [1.165, 1.54) is 12.3 Å². The van der Waals surface area contributed by atoms with E-state index in [2.05, 4.69) is 10.5 Å². The first-order valence-electron chi connectivity index (χ1n) is 4.74. The summed E-state index contributed by atoms with van der Waals surface area (Å²) in [5.74, 6) is 0.0251. The van der Waals surface area contributed by atoms with Crippen molar-refractivity contribution in [1.82, 2.24) is 5.43 Å². The molecule has 1 saturated carbocycles. The van der Waals surface area contributed by atoms with Crippen LogP contribution in [0.1, 0.15) is 17.7 Å². The number of rotatable bonds is 4. The van der Waals surface area contributed by atoms with E-state index in [-0.39, 0.29) is 16.8 Å². The van der Waals surface area contributed by atoms with Crippen LogP contribution in [0.3, 0.4) is 0 Å². The lowest BCUT2D eigenvalue weighted by Crippen LogP contribution is -2.18. The molecule has 0 aromatic carbocycles. The Kier molecular flexibility index (Phi) is 2.95. The van der Waals surface area contributed by atoms with Crippen molar-refractivity contribution in [3.05, 3.63) is 27.1 Å². The van der Waals surface area contributed by atoms with E-state index < -0.39 is 4.92 Å². The Morgan fingerprint density at radius 2 is 2.38 bits per heavy atom. The van der Waals surface area contributed by atoms with E-state index in [9.17, 15) is 14.9 Å². The molecule has 0 spiro atoms. The fourth-order valence-corrected chi connectivity index (χ4v) is 1.80. The monoisotopic (exact) mass is 239 g/mol. The number of carbonyl (C=O) groups is 1. The highest BCUT2D eigenvalue weighted by atomic mass is 32.1. The zero-order valence-electron chi connectivity index (χ0n) is 8.25. The Morgan fingerprint density at radius 1 is 1.62 bits per heavy atom. The molecule has 1 amide bonds. The van der Waals surface area contributed by atoms with Gasteiger partial charge in [0.25, 0.3) is 0 Å². The van der Waals surface area contributed by atoms with Crippen LogP contribution in [0, 0.1) is 16.0 Å². The predicted molar refractivity (Wildman–Crippen MR) is 59.4 cm³/mol. The summed E-state index contributed by atoms with van der Waals surface area (Å²) in [4.78, 5) is 21.8. The first-order chi connectivity index (χ1) is 7.66. The summed E-state index contributed by atoms with van der Waals surface area (Å²) in [5, 5.41) is 14.2. The number of amides is 1. The smallest absolute Gasteiger partial charge is 0.273 e. The van der Waals surface area contributed by atoms with Crippen molar-refractivity contribution in [2.45, 2.75) is 12.8 Å². The molecule has 1 aromatic heterocycles. The van der Waals surface area contributed by atoms with Crippen molar-refractivity contribution in [2.75, 3.05) is 0 Å². The average molecular weight is 239 g/mol. The minimum absolute atomic E-state index is 0.0648. The van der Waals surface area contributed by atoms with Gasteiger partial charge in [-0.3, -0.25) is 14.9 Å². The molecule has 2 rings (SSSR count). The van der Waals surface area contributed by atoms with Gasteiger partial charge in [0.15, 0.2) is 0 Å². The second-order valence-corrected chi connectivity index (χ2v) is 4.54. The van der Waals surface area contributed by atoms with Crippen molar-refractivity contribution >= 4 is 28.5 Å². The SMILES string of the molecule is O=C(NN=Cc1ccc([N+](=O)[O-])s1)C1CC1. The van der Waals surface area contributed by atoms with Gasteiger partial charge in [-0.05, 0) is 18.9 Å². The van der Waals surface area contributed by atoms with Crippen LogP contribution in [0.4, 0.5) is 5.00 Å². The molecule has 1 N–H and O–H groups in total. The number of hydrazone groups is 1. The van der Waals surface area contributed by atoms with Crippen LogP contribution in [-0.4, -0.2) is 17.0 Å². The van der Waals surface area contributed by atoms with Crippen LogP contribution < -0.4 is 5.43 Å². The highest BCUT2D eigenvalue weighted by Gasteiger charge is 2.29. The molecule has 0 saturated heterocycles. The molecular weight excluding hydrogens is 230 g/mol. The molecule has 1 heterocycles. The van der Waals surface area contributed by atoms with Crippen molar-refractivity contribution in [3.8, 4) is 0 Å². The molecule has 16 heavy (non-hydrogen) atoms. The molecule has 1 fully saturated rings. The highest BCUT2D eigenvalue weighted by molar-refractivity contribution is 7.16. The van der Waals surface area contributed by atoms with Crippen LogP contribution in [0.25, 0.3) is 0 Å². The van der Waals surface area contributed by atoms with Crippen LogP contribution in [0.15, 0.2) is 17.2 Å². The number of carbonyl (C=O) groups excluding carboxylic acids is 1. The van der Waals surface area contributed by atoms with Crippen molar-refractivity contribution in [1.29, 1.82) is 0 Å². The standard InChI is InChI=1S/C9H9N3O3S/c13-9(6-1-2-6)11-10-5-7-3-4-8(16-7)12(14)15/h3-6H,1-2H2,(H,11,13). The summed E-state index contributed by atoms with van der Waals surface area (Å²) in [6, 6.07) is 3.00. The second kappa shape index (κ2) is 4.40. The number of hydrogen-bond acceptors (Lipinski definition) is 5. The average Bonchev–Trinajstić information content (AvgIpc) is 2.98. The maximum atomic E-state index is 11.2. The summed E-state index contributed by atoms with van der Waals surface area (Å²) in [6.45, 7) is 0. The molecule has 1 aliphatic rings. The van der Waals surface area contributed by atoms with Gasteiger partial charge < -0.3 is 0 Å². The first-order valence-corrected chi connectivity index (χ1v) is 5.55. The molecular formula is C9H9N3O3S. The highest BCUT2D eigenvalue weighted by Crippen LogP contribution is 2.28. The minimum Gasteiger partial charge on any atom is -0.273 e. The normalized spacial score (nSPS) is 15.2. The maximum absolute atomic E-state index is 11.2. The fraction of sp³-hybridized carbons (Fsp3) is 0.333. The lowest BCUT2D eigenvalue weighted by Gasteiger charge is -1.93. The zero-order valence-corrected chi connectivity index (χ0v) is 9.07. The number of nitro groups is 1. The Balaban J connectivity index is 1.89. The summed E-state index contributed by atoms with van der Waals surface area (Å²) in [7, 11) is 0. The van der Waals surface area contributed by atoms with Gasteiger partial charge in [0.05, 0.1) is 16.0 Å². The Hall–Kier alpha value is -1.76. The summed E-state index contributed by atoms with van der Waals surface area (Å²) in [5.41, 5.74) is 2.40. The van der Waals surface area contributed by atoms with Gasteiger partial charge in [0.2, 0.25) is 5.91 Å². The van der Waals surface area contributed by atoms with Crippen molar-refractivity contribution < 1.29 is 9.72 Å². The van der Waals surface area contributed by atoms with Gasteiger partial charge in [-0.15, -0.1) is 0 Å². The molecule has 0 unspecified atom stereocenters. The minimum atomic E-state index is -0.454. The third-order valence-electron chi connectivity index (χ3n) is 2.11. The number of hydrogen-bond donors (Lipinski definition) is 1. The molecule has 1 aliphatic carbocycles. The van der Waals surface area contributed by atoms with E-state index in [4.69, 9.17) is 0 Å². The van der Waals surface area contributed by atoms with Gasteiger partial charge in [0.1, 0.15) is 0 Å². The van der Waals surface area contributed by atoms with E-state index in [1.807, 2.05) is 0 Å². The number of thiophene rings is 1. The predicted octanol–water partition coefficient (Wildman–Crippen LogP) is 1.52. The summed E-state index contributed by atoms with van der Waals surface area (Å²) in [6.07, 6.45) is 3.26. The van der Waals surface area contributed by atoms with Crippen molar-refractivity contribution in [2.24, 2.45) is 11.0 Å². The number of nitrogens with one attached hydrogen (secondary N) is 1. The molecule has 0 bridgehead atoms. The molecule has 6 nitrogen and oxygen atoms in total. The van der Waals surface area contributed by atoms with Gasteiger partial charge in [-0.25, -0.2) is 5.43 Å². The molecule has 7 heteroatoms. The topological polar surface area (TPSA) is 84.6 Å².